The van der Waals surface area contributed by atoms with Crippen molar-refractivity contribution in [1.82, 2.24) is 5.32 Å². The minimum atomic E-state index is 0.192. The van der Waals surface area contributed by atoms with Crippen LogP contribution in [0.3, 0.4) is 0 Å². The molecule has 0 fully saturated rings. The van der Waals surface area contributed by atoms with Crippen molar-refractivity contribution in [2.24, 2.45) is 0 Å². The van der Waals surface area contributed by atoms with Gasteiger partial charge in [-0.2, -0.15) is 5.26 Å². The monoisotopic (exact) mass is 190 g/mol. The van der Waals surface area contributed by atoms with Crippen molar-refractivity contribution in [2.75, 3.05) is 0 Å². The van der Waals surface area contributed by atoms with Gasteiger partial charge in [-0.3, -0.25) is 0 Å². The first-order valence-electron chi connectivity index (χ1n) is 1.99. The topological polar surface area (TPSA) is 35.8 Å². The summed E-state index contributed by atoms with van der Waals surface area (Å²) in [5.74, 6) is 0. The average molecular weight is 191 g/mol. The predicted octanol–water partition coefficient (Wildman–Crippen LogP) is 1.37. The van der Waals surface area contributed by atoms with Gasteiger partial charge < -0.3 is 5.32 Å². The van der Waals surface area contributed by atoms with Crippen LogP contribution in [0.2, 0.25) is 0 Å². The molecule has 0 saturated heterocycles. The van der Waals surface area contributed by atoms with Gasteiger partial charge in [-0.05, 0) is 0 Å². The molecule has 0 aromatic heterocycles. The molecule has 1 aliphatic rings. The van der Waals surface area contributed by atoms with Crippen LogP contribution in [-0.4, -0.2) is 4.28 Å². The fourth-order valence-corrected chi connectivity index (χ4v) is 1.52. The molecular weight excluding hydrogens is 188 g/mol. The highest BCUT2D eigenvalue weighted by Gasteiger charge is 2.10. The SMILES string of the molecule is N#CC1=CSC(Br)N1. The Hall–Kier alpha value is -0.140. The average Bonchev–Trinajstić information content (AvgIpc) is 2.14. The minimum absolute atomic E-state index is 0.192. The second kappa shape index (κ2) is 2.42. The van der Waals surface area contributed by atoms with Crippen molar-refractivity contribution in [3.8, 4) is 6.07 Å². The zero-order chi connectivity index (χ0) is 5.98. The molecule has 1 unspecified atom stereocenters. The first-order chi connectivity index (χ1) is 3.83. The van der Waals surface area contributed by atoms with Crippen LogP contribution in [0.1, 0.15) is 0 Å². The summed E-state index contributed by atoms with van der Waals surface area (Å²) in [4.78, 5) is 0. The van der Waals surface area contributed by atoms with E-state index >= 15 is 0 Å². The molecule has 2 nitrogen and oxygen atoms in total. The number of nitrogens with one attached hydrogen (secondary N) is 1. The molecule has 0 saturated carbocycles. The normalized spacial score (nSPS) is 26.0. The van der Waals surface area contributed by atoms with E-state index in [2.05, 4.69) is 21.2 Å². The highest BCUT2D eigenvalue weighted by molar-refractivity contribution is 9.11. The van der Waals surface area contributed by atoms with Gasteiger partial charge in [0.15, 0.2) is 0 Å². The molecular formula is C4H3BrN2S. The van der Waals surface area contributed by atoms with Crippen molar-refractivity contribution < 1.29 is 0 Å². The Labute approximate surface area is 60.1 Å². The molecule has 0 spiro atoms. The van der Waals surface area contributed by atoms with Gasteiger partial charge in [-0.1, -0.05) is 27.7 Å². The summed E-state index contributed by atoms with van der Waals surface area (Å²) < 4.78 is 0.192. The van der Waals surface area contributed by atoms with Gasteiger partial charge in [0, 0.05) is 5.41 Å². The molecule has 4 heteroatoms. The molecule has 42 valence electrons. The summed E-state index contributed by atoms with van der Waals surface area (Å²) in [6.07, 6.45) is 0. The van der Waals surface area contributed by atoms with Crippen molar-refractivity contribution >= 4 is 27.7 Å². The van der Waals surface area contributed by atoms with Gasteiger partial charge in [0.05, 0.1) is 0 Å². The Morgan fingerprint density at radius 2 is 2.75 bits per heavy atom. The molecule has 0 radical (unpaired) electrons. The number of alkyl halides is 1. The van der Waals surface area contributed by atoms with Crippen LogP contribution in [0.15, 0.2) is 11.1 Å². The van der Waals surface area contributed by atoms with Crippen molar-refractivity contribution in [3.63, 3.8) is 0 Å². The van der Waals surface area contributed by atoms with Gasteiger partial charge in [0.25, 0.3) is 0 Å². The van der Waals surface area contributed by atoms with Crippen LogP contribution in [0.25, 0.3) is 0 Å². The molecule has 0 aromatic rings. The Kier molecular flexibility index (Phi) is 1.81. The highest BCUT2D eigenvalue weighted by Crippen LogP contribution is 2.23. The number of hydrogen-bond acceptors (Lipinski definition) is 3. The predicted molar refractivity (Wildman–Crippen MR) is 37.1 cm³/mol. The summed E-state index contributed by atoms with van der Waals surface area (Å²) in [6.45, 7) is 0. The third kappa shape index (κ3) is 1.17. The first kappa shape index (κ1) is 5.99. The number of halogens is 1. The molecule has 0 aromatic carbocycles. The summed E-state index contributed by atoms with van der Waals surface area (Å²) >= 11 is 4.82. The van der Waals surface area contributed by atoms with Crippen molar-refractivity contribution in [1.29, 1.82) is 5.26 Å². The second-order valence-electron chi connectivity index (χ2n) is 1.24. The minimum Gasteiger partial charge on any atom is -0.355 e. The lowest BCUT2D eigenvalue weighted by molar-refractivity contribution is 0.991. The number of hydrogen-bond donors (Lipinski definition) is 1. The number of thioether (sulfide) groups is 1. The van der Waals surface area contributed by atoms with Gasteiger partial charge in [0.1, 0.15) is 16.0 Å². The molecule has 0 aliphatic carbocycles. The fraction of sp³-hybridized carbons (Fsp3) is 0.250. The Morgan fingerprint density at radius 3 is 3.00 bits per heavy atom. The van der Waals surface area contributed by atoms with Gasteiger partial charge in [0.2, 0.25) is 0 Å². The van der Waals surface area contributed by atoms with E-state index in [1.165, 1.54) is 0 Å². The van der Waals surface area contributed by atoms with Crippen molar-refractivity contribution in [3.05, 3.63) is 11.1 Å². The smallest absolute Gasteiger partial charge is 0.133 e. The molecule has 0 amide bonds. The Balaban J connectivity index is 2.53. The van der Waals surface area contributed by atoms with Crippen LogP contribution in [-0.2, 0) is 0 Å². The Morgan fingerprint density at radius 1 is 2.00 bits per heavy atom. The fourth-order valence-electron chi connectivity index (χ4n) is 0.377. The summed E-state index contributed by atoms with van der Waals surface area (Å²) in [5, 5.41) is 12.9. The lowest BCUT2D eigenvalue weighted by atomic mass is 10.6. The molecule has 1 rings (SSSR count). The molecule has 1 heterocycles. The molecule has 1 N–H and O–H groups in total. The van der Waals surface area contributed by atoms with E-state index in [-0.39, 0.29) is 4.28 Å². The third-order valence-electron chi connectivity index (χ3n) is 0.695. The quantitative estimate of drug-likeness (QED) is 0.464. The van der Waals surface area contributed by atoms with Crippen LogP contribution in [0, 0.1) is 11.3 Å². The van der Waals surface area contributed by atoms with Crippen molar-refractivity contribution in [2.45, 2.75) is 4.28 Å². The van der Waals surface area contributed by atoms with E-state index in [9.17, 15) is 0 Å². The van der Waals surface area contributed by atoms with Crippen LogP contribution in [0.4, 0.5) is 0 Å². The van der Waals surface area contributed by atoms with E-state index < -0.39 is 0 Å². The van der Waals surface area contributed by atoms with E-state index in [1.807, 2.05) is 6.07 Å². The highest BCUT2D eigenvalue weighted by atomic mass is 79.9. The molecule has 1 atom stereocenters. The maximum Gasteiger partial charge on any atom is 0.133 e. The van der Waals surface area contributed by atoms with Gasteiger partial charge in [-0.25, -0.2) is 0 Å². The van der Waals surface area contributed by atoms with E-state index in [0.29, 0.717) is 5.70 Å². The van der Waals surface area contributed by atoms with Crippen LogP contribution >= 0.6 is 27.7 Å². The number of nitrogens with zero attached hydrogens (tertiary/aromatic N) is 1. The third-order valence-corrected chi connectivity index (χ3v) is 2.30. The van der Waals surface area contributed by atoms with E-state index in [0.717, 1.165) is 0 Å². The second-order valence-corrected chi connectivity index (χ2v) is 3.74. The first-order valence-corrected chi connectivity index (χ1v) is 3.85. The lowest BCUT2D eigenvalue weighted by Crippen LogP contribution is -2.11. The zero-order valence-electron chi connectivity index (χ0n) is 3.89. The number of nitriles is 1. The largest absolute Gasteiger partial charge is 0.355 e. The van der Waals surface area contributed by atoms with Gasteiger partial charge in [-0.15, -0.1) is 0 Å². The van der Waals surface area contributed by atoms with Crippen LogP contribution in [0.5, 0.6) is 0 Å². The number of rotatable bonds is 0. The maximum atomic E-state index is 8.27. The van der Waals surface area contributed by atoms with E-state index in [1.54, 1.807) is 17.2 Å². The molecule has 1 aliphatic heterocycles. The summed E-state index contributed by atoms with van der Waals surface area (Å²) in [5.41, 5.74) is 0.636. The molecule has 0 bridgehead atoms. The maximum absolute atomic E-state index is 8.27. The standard InChI is InChI=1S/C4H3BrN2S/c5-4-7-3(1-6)2-8-4/h2,4,7H. The summed E-state index contributed by atoms with van der Waals surface area (Å²) in [7, 11) is 0. The number of allylic oxidation sites excluding steroid dienone is 1. The summed E-state index contributed by atoms with van der Waals surface area (Å²) in [6, 6.07) is 1.99. The van der Waals surface area contributed by atoms with Crippen LogP contribution < -0.4 is 5.32 Å². The molecule has 8 heavy (non-hydrogen) atoms. The van der Waals surface area contributed by atoms with E-state index in [4.69, 9.17) is 5.26 Å². The Bertz CT molecular complexity index is 160. The lowest BCUT2D eigenvalue weighted by Gasteiger charge is -1.96. The van der Waals surface area contributed by atoms with Gasteiger partial charge >= 0.3 is 0 Å². The zero-order valence-corrected chi connectivity index (χ0v) is 6.29.